The fourth-order valence-corrected chi connectivity index (χ4v) is 2.93. The summed E-state index contributed by atoms with van der Waals surface area (Å²) < 4.78 is 30.8. The monoisotopic (exact) mass is 376 g/mol. The Kier molecular flexibility index (Phi) is 6.26. The van der Waals surface area contributed by atoms with Crippen LogP contribution in [0.15, 0.2) is 42.5 Å². The van der Waals surface area contributed by atoms with Gasteiger partial charge in [-0.3, -0.25) is 9.52 Å². The average Bonchev–Trinajstić information content (AvgIpc) is 2.54. The van der Waals surface area contributed by atoms with E-state index in [-0.39, 0.29) is 12.0 Å². The summed E-state index contributed by atoms with van der Waals surface area (Å²) in [5.74, 6) is 0.508. The van der Waals surface area contributed by atoms with Crippen molar-refractivity contribution in [2.75, 3.05) is 11.0 Å². The SMILES string of the molecule is Cc1ccc(C(=O)NCc2ccc(OC(C)C)cc2)cc1NS(C)(=O)=O. The minimum absolute atomic E-state index is 0.108. The van der Waals surface area contributed by atoms with E-state index in [1.165, 1.54) is 6.07 Å². The summed E-state index contributed by atoms with van der Waals surface area (Å²) in [6.07, 6.45) is 1.18. The molecule has 6 nitrogen and oxygen atoms in total. The lowest BCUT2D eigenvalue weighted by Gasteiger charge is -2.12. The molecule has 0 spiro atoms. The smallest absolute Gasteiger partial charge is 0.251 e. The second-order valence-corrected chi connectivity index (χ2v) is 8.15. The number of carbonyl (C=O) groups excluding carboxylic acids is 1. The van der Waals surface area contributed by atoms with Gasteiger partial charge >= 0.3 is 0 Å². The van der Waals surface area contributed by atoms with Gasteiger partial charge in [0.25, 0.3) is 5.91 Å². The van der Waals surface area contributed by atoms with Crippen LogP contribution in [0, 0.1) is 6.92 Å². The van der Waals surface area contributed by atoms with E-state index in [0.717, 1.165) is 23.1 Å². The minimum atomic E-state index is -3.40. The van der Waals surface area contributed by atoms with Gasteiger partial charge in [0.15, 0.2) is 0 Å². The lowest BCUT2D eigenvalue weighted by Crippen LogP contribution is -2.23. The summed E-state index contributed by atoms with van der Waals surface area (Å²) in [4.78, 5) is 12.3. The van der Waals surface area contributed by atoms with E-state index in [2.05, 4.69) is 10.0 Å². The number of sulfonamides is 1. The Morgan fingerprint density at radius 2 is 1.77 bits per heavy atom. The maximum Gasteiger partial charge on any atom is 0.251 e. The number of nitrogens with one attached hydrogen (secondary N) is 2. The molecule has 2 aromatic carbocycles. The van der Waals surface area contributed by atoms with Crippen LogP contribution in [0.4, 0.5) is 5.69 Å². The molecule has 0 fully saturated rings. The number of amides is 1. The van der Waals surface area contributed by atoms with E-state index in [4.69, 9.17) is 4.74 Å². The highest BCUT2D eigenvalue weighted by Crippen LogP contribution is 2.18. The number of rotatable bonds is 7. The third kappa shape index (κ3) is 6.07. The van der Waals surface area contributed by atoms with Gasteiger partial charge in [-0.15, -0.1) is 0 Å². The average molecular weight is 376 g/mol. The van der Waals surface area contributed by atoms with Crippen LogP contribution in [0.1, 0.15) is 35.3 Å². The van der Waals surface area contributed by atoms with Crippen LogP contribution in [0.2, 0.25) is 0 Å². The third-order valence-corrected chi connectivity index (χ3v) is 4.13. The molecule has 2 aromatic rings. The van der Waals surface area contributed by atoms with Gasteiger partial charge in [0.2, 0.25) is 10.0 Å². The Morgan fingerprint density at radius 3 is 2.35 bits per heavy atom. The first-order valence-corrected chi connectivity index (χ1v) is 10.2. The number of benzene rings is 2. The van der Waals surface area contributed by atoms with E-state index in [0.29, 0.717) is 17.8 Å². The lowest BCUT2D eigenvalue weighted by atomic mass is 10.1. The highest BCUT2D eigenvalue weighted by molar-refractivity contribution is 7.92. The Hall–Kier alpha value is -2.54. The zero-order valence-corrected chi connectivity index (χ0v) is 16.2. The van der Waals surface area contributed by atoms with Crippen molar-refractivity contribution in [1.29, 1.82) is 0 Å². The summed E-state index contributed by atoms with van der Waals surface area (Å²) in [6, 6.07) is 12.4. The first kappa shape index (κ1) is 19.8. The number of ether oxygens (including phenoxy) is 1. The van der Waals surface area contributed by atoms with Crippen molar-refractivity contribution in [2.24, 2.45) is 0 Å². The van der Waals surface area contributed by atoms with Gasteiger partial charge in [-0.1, -0.05) is 18.2 Å². The van der Waals surface area contributed by atoms with Crippen molar-refractivity contribution in [3.8, 4) is 5.75 Å². The molecule has 0 aliphatic carbocycles. The Balaban J connectivity index is 2.02. The maximum atomic E-state index is 12.3. The predicted octanol–water partition coefficient (Wildman–Crippen LogP) is 3.08. The Bertz CT molecular complexity index is 875. The predicted molar refractivity (Wildman–Crippen MR) is 103 cm³/mol. The molecule has 0 aliphatic heterocycles. The quantitative estimate of drug-likeness (QED) is 0.778. The number of carbonyl (C=O) groups is 1. The van der Waals surface area contributed by atoms with Crippen LogP contribution in [-0.4, -0.2) is 26.7 Å². The number of hydrogen-bond acceptors (Lipinski definition) is 4. The molecular weight excluding hydrogens is 352 g/mol. The van der Waals surface area contributed by atoms with Crippen molar-refractivity contribution < 1.29 is 17.9 Å². The summed E-state index contributed by atoms with van der Waals surface area (Å²) in [7, 11) is -3.40. The molecule has 0 unspecified atom stereocenters. The van der Waals surface area contributed by atoms with E-state index in [1.54, 1.807) is 19.1 Å². The summed E-state index contributed by atoms with van der Waals surface area (Å²) >= 11 is 0. The molecule has 26 heavy (non-hydrogen) atoms. The van der Waals surface area contributed by atoms with Crippen LogP contribution in [0.3, 0.4) is 0 Å². The van der Waals surface area contributed by atoms with E-state index in [1.807, 2.05) is 38.1 Å². The van der Waals surface area contributed by atoms with Gasteiger partial charge in [-0.25, -0.2) is 8.42 Å². The molecule has 2 N–H and O–H groups in total. The van der Waals surface area contributed by atoms with Gasteiger partial charge in [0, 0.05) is 12.1 Å². The molecular formula is C19H24N2O4S. The van der Waals surface area contributed by atoms with E-state index < -0.39 is 10.0 Å². The second kappa shape index (κ2) is 8.23. The lowest BCUT2D eigenvalue weighted by molar-refractivity contribution is 0.0951. The van der Waals surface area contributed by atoms with Crippen molar-refractivity contribution in [3.05, 3.63) is 59.2 Å². The maximum absolute atomic E-state index is 12.3. The van der Waals surface area contributed by atoms with Crippen LogP contribution in [-0.2, 0) is 16.6 Å². The molecule has 140 valence electrons. The minimum Gasteiger partial charge on any atom is -0.491 e. The Labute approximate surface area is 154 Å². The first-order valence-electron chi connectivity index (χ1n) is 8.26. The zero-order valence-electron chi connectivity index (χ0n) is 15.4. The molecule has 0 atom stereocenters. The number of hydrogen-bond donors (Lipinski definition) is 2. The molecule has 1 amide bonds. The summed E-state index contributed by atoms with van der Waals surface area (Å²) in [6.45, 7) is 6.06. The Morgan fingerprint density at radius 1 is 1.12 bits per heavy atom. The first-order chi connectivity index (χ1) is 12.1. The normalized spacial score (nSPS) is 11.3. The van der Waals surface area contributed by atoms with Crippen molar-refractivity contribution in [3.63, 3.8) is 0 Å². The number of anilines is 1. The van der Waals surface area contributed by atoms with Crippen LogP contribution in [0.5, 0.6) is 5.75 Å². The van der Waals surface area contributed by atoms with Gasteiger partial charge < -0.3 is 10.1 Å². The van der Waals surface area contributed by atoms with Gasteiger partial charge in [-0.05, 0) is 56.2 Å². The topological polar surface area (TPSA) is 84.5 Å². The van der Waals surface area contributed by atoms with Crippen LogP contribution >= 0.6 is 0 Å². The molecule has 0 radical (unpaired) electrons. The summed E-state index contributed by atoms with van der Waals surface area (Å²) in [5, 5.41) is 2.83. The molecule has 0 aromatic heterocycles. The highest BCUT2D eigenvalue weighted by atomic mass is 32.2. The van der Waals surface area contributed by atoms with Gasteiger partial charge in [0.05, 0.1) is 18.0 Å². The largest absolute Gasteiger partial charge is 0.491 e. The molecule has 0 heterocycles. The molecule has 2 rings (SSSR count). The van der Waals surface area contributed by atoms with Gasteiger partial charge in [0.1, 0.15) is 5.75 Å². The zero-order chi connectivity index (χ0) is 19.3. The van der Waals surface area contributed by atoms with Crippen molar-refractivity contribution in [2.45, 2.75) is 33.4 Å². The van der Waals surface area contributed by atoms with E-state index in [9.17, 15) is 13.2 Å². The molecule has 0 saturated heterocycles. The standard InChI is InChI=1S/C19H24N2O4S/c1-13(2)25-17-9-6-15(7-10-17)12-20-19(22)16-8-5-14(3)18(11-16)21-26(4,23)24/h5-11,13,21H,12H2,1-4H3,(H,20,22). The van der Waals surface area contributed by atoms with Gasteiger partial charge in [-0.2, -0.15) is 0 Å². The molecule has 0 aliphatic rings. The molecule has 7 heteroatoms. The second-order valence-electron chi connectivity index (χ2n) is 6.40. The fourth-order valence-electron chi connectivity index (χ4n) is 2.32. The van der Waals surface area contributed by atoms with Crippen molar-refractivity contribution in [1.82, 2.24) is 5.32 Å². The molecule has 0 bridgehead atoms. The highest BCUT2D eigenvalue weighted by Gasteiger charge is 2.11. The molecule has 0 saturated carbocycles. The van der Waals surface area contributed by atoms with E-state index >= 15 is 0 Å². The number of aryl methyl sites for hydroxylation is 1. The third-order valence-electron chi connectivity index (χ3n) is 3.54. The van der Waals surface area contributed by atoms with Crippen LogP contribution < -0.4 is 14.8 Å². The van der Waals surface area contributed by atoms with Crippen molar-refractivity contribution >= 4 is 21.6 Å². The van der Waals surface area contributed by atoms with Crippen LogP contribution in [0.25, 0.3) is 0 Å². The fraction of sp³-hybridized carbons (Fsp3) is 0.316. The summed E-state index contributed by atoms with van der Waals surface area (Å²) in [5.41, 5.74) is 2.47.